The molecule has 0 bridgehead atoms. The van der Waals surface area contributed by atoms with Crippen LogP contribution in [0.3, 0.4) is 0 Å². The fourth-order valence-corrected chi connectivity index (χ4v) is 9.57. The molecular formula is C45H52N4O11. The van der Waals surface area contributed by atoms with E-state index in [9.17, 15) is 15.6 Å². The average Bonchev–Trinajstić information content (AvgIpc) is 4.02. The largest absolute Gasteiger partial charge is 0.387 e. The molecule has 60 heavy (non-hydrogen) atoms. The zero-order valence-corrected chi connectivity index (χ0v) is 34.5. The standard InChI is InChI=1S/C45H52N4O11/c1-40(2)55-34-33(50)30(52-37(34)58-40)22-48-43(25-46)31(53-38-35(43)56-41(3,4)59-38)23-49-44(26-47)32(54-39-36(44)57-42(5,6)60-39)24-51-45(27-16-10-7-11-17-27,28-18-12-8-13-19-28)29-20-14-9-15-21-29/h7-21,30-39,48-50H,22-24H2,1-6H3/t30-,31-,32-,33+,34-,35+,36+,37-,38-,39-,43-,44-/m1/s1. The highest BCUT2D eigenvalue weighted by Gasteiger charge is 2.68. The van der Waals surface area contributed by atoms with E-state index < -0.39 is 95.6 Å². The zero-order chi connectivity index (χ0) is 42.1. The highest BCUT2D eigenvalue weighted by Crippen LogP contribution is 2.48. The van der Waals surface area contributed by atoms with Crippen LogP contribution in [0.1, 0.15) is 58.2 Å². The van der Waals surface area contributed by atoms with Crippen LogP contribution in [0.25, 0.3) is 0 Å². The quantitative estimate of drug-likeness (QED) is 0.225. The summed E-state index contributed by atoms with van der Waals surface area (Å²) < 4.78 is 63.3. The molecule has 15 heteroatoms. The number of nitrogens with one attached hydrogen (secondary N) is 2. The second-order valence-corrected chi connectivity index (χ2v) is 17.5. The summed E-state index contributed by atoms with van der Waals surface area (Å²) in [5.41, 5.74) is -1.61. The van der Waals surface area contributed by atoms with Gasteiger partial charge >= 0.3 is 0 Å². The Kier molecular flexibility index (Phi) is 10.5. The van der Waals surface area contributed by atoms with Gasteiger partial charge in [0.2, 0.25) is 0 Å². The average molecular weight is 825 g/mol. The third-order valence-corrected chi connectivity index (χ3v) is 12.3. The maximum absolute atomic E-state index is 11.3. The third kappa shape index (κ3) is 6.96. The predicted molar refractivity (Wildman–Crippen MR) is 210 cm³/mol. The first-order valence-corrected chi connectivity index (χ1v) is 20.5. The van der Waals surface area contributed by atoms with E-state index in [2.05, 4.69) is 22.8 Å². The van der Waals surface area contributed by atoms with E-state index in [4.69, 9.17) is 47.4 Å². The lowest BCUT2D eigenvalue weighted by atomic mass is 9.80. The van der Waals surface area contributed by atoms with Crippen molar-refractivity contribution in [2.45, 2.75) is 137 Å². The van der Waals surface area contributed by atoms with E-state index in [1.54, 1.807) is 41.5 Å². The van der Waals surface area contributed by atoms with Crippen molar-refractivity contribution < 1.29 is 52.5 Å². The van der Waals surface area contributed by atoms with Gasteiger partial charge in [-0.05, 0) is 58.2 Å². The van der Waals surface area contributed by atoms with Gasteiger partial charge < -0.3 is 52.5 Å². The van der Waals surface area contributed by atoms with Crippen LogP contribution < -0.4 is 10.6 Å². The van der Waals surface area contributed by atoms with Crippen LogP contribution in [0.4, 0.5) is 0 Å². The Morgan fingerprint density at radius 2 is 1.02 bits per heavy atom. The van der Waals surface area contributed by atoms with Gasteiger partial charge in [-0.3, -0.25) is 10.6 Å². The van der Waals surface area contributed by atoms with Crippen LogP contribution in [0, 0.1) is 22.7 Å². The van der Waals surface area contributed by atoms with E-state index in [-0.39, 0.29) is 19.7 Å². The predicted octanol–water partition coefficient (Wildman–Crippen LogP) is 3.69. The van der Waals surface area contributed by atoms with Crippen LogP contribution >= 0.6 is 0 Å². The van der Waals surface area contributed by atoms with Crippen LogP contribution in [0.2, 0.25) is 0 Å². The van der Waals surface area contributed by atoms with E-state index in [1.807, 2.05) is 91.0 Å². The van der Waals surface area contributed by atoms with Crippen molar-refractivity contribution in [2.24, 2.45) is 0 Å². The lowest BCUT2D eigenvalue weighted by molar-refractivity contribution is -0.220. The third-order valence-electron chi connectivity index (χ3n) is 12.3. The molecule has 3 aromatic carbocycles. The molecule has 6 aliphatic rings. The summed E-state index contributed by atoms with van der Waals surface area (Å²) >= 11 is 0. The summed E-state index contributed by atoms with van der Waals surface area (Å²) in [5.74, 6) is -3.04. The second kappa shape index (κ2) is 15.2. The minimum absolute atomic E-state index is 0.0150. The first kappa shape index (κ1) is 41.5. The van der Waals surface area contributed by atoms with Crippen LogP contribution in [-0.4, -0.2) is 115 Å². The van der Waals surface area contributed by atoms with Gasteiger partial charge in [-0.1, -0.05) is 91.0 Å². The normalized spacial score (nSPS) is 38.2. The number of aliphatic hydroxyl groups excluding tert-OH is 1. The van der Waals surface area contributed by atoms with Gasteiger partial charge in [-0.2, -0.15) is 10.5 Å². The molecule has 0 amide bonds. The van der Waals surface area contributed by atoms with Crippen LogP contribution in [0.5, 0.6) is 0 Å². The van der Waals surface area contributed by atoms with Crippen molar-refractivity contribution >= 4 is 0 Å². The number of hydrogen-bond donors (Lipinski definition) is 3. The fourth-order valence-electron chi connectivity index (χ4n) is 9.57. The van der Waals surface area contributed by atoms with Gasteiger partial charge in [0, 0.05) is 13.1 Å². The Hall–Kier alpha value is -3.88. The highest BCUT2D eigenvalue weighted by molar-refractivity contribution is 5.47. The first-order chi connectivity index (χ1) is 28.6. The monoisotopic (exact) mass is 824 g/mol. The Morgan fingerprint density at radius 1 is 0.583 bits per heavy atom. The van der Waals surface area contributed by atoms with Gasteiger partial charge in [0.25, 0.3) is 0 Å². The molecule has 15 nitrogen and oxygen atoms in total. The number of benzene rings is 3. The molecule has 6 saturated heterocycles. The van der Waals surface area contributed by atoms with Gasteiger partial charge in [0.1, 0.15) is 48.3 Å². The molecule has 3 N–H and O–H groups in total. The molecule has 12 atom stereocenters. The van der Waals surface area contributed by atoms with Crippen molar-refractivity contribution in [3.63, 3.8) is 0 Å². The van der Waals surface area contributed by atoms with Gasteiger partial charge in [-0.25, -0.2) is 0 Å². The molecule has 9 rings (SSSR count). The van der Waals surface area contributed by atoms with Crippen molar-refractivity contribution in [2.75, 3.05) is 19.7 Å². The topological polar surface area (TPSA) is 184 Å². The number of nitriles is 2. The minimum atomic E-state index is -1.58. The smallest absolute Gasteiger partial charge is 0.190 e. The van der Waals surface area contributed by atoms with Gasteiger partial charge in [0.15, 0.2) is 47.3 Å². The Morgan fingerprint density at radius 3 is 1.50 bits per heavy atom. The molecular weight excluding hydrogens is 773 g/mol. The van der Waals surface area contributed by atoms with E-state index in [1.165, 1.54) is 0 Å². The summed E-state index contributed by atoms with van der Waals surface area (Å²) in [7, 11) is 0. The van der Waals surface area contributed by atoms with E-state index >= 15 is 0 Å². The van der Waals surface area contributed by atoms with Crippen LogP contribution in [-0.2, 0) is 53.0 Å². The fraction of sp³-hybridized carbons (Fsp3) is 0.556. The number of hydrogen-bond acceptors (Lipinski definition) is 15. The SMILES string of the molecule is CC1(C)O[C@H]2O[C@H](CN[C@]3(C#N)[C@@H](CN[C@]4(C#N)[C@@H](COC(c5ccccc5)(c5ccccc5)c5ccccc5)O[C@@H]5OC(C)(C)O[C@@H]54)O[C@@H]4OC(C)(C)O[C@@H]43)[C@H](O)[C@H]2O1. The molecule has 3 aromatic rings. The Balaban J connectivity index is 1.02. The van der Waals surface area contributed by atoms with Crippen molar-refractivity contribution in [3.8, 4) is 12.1 Å². The molecule has 0 radical (unpaired) electrons. The lowest BCUT2D eigenvalue weighted by Gasteiger charge is -2.40. The van der Waals surface area contributed by atoms with E-state index in [0.717, 1.165) is 16.7 Å². The maximum Gasteiger partial charge on any atom is 0.190 e. The number of rotatable bonds is 12. The first-order valence-electron chi connectivity index (χ1n) is 20.5. The summed E-state index contributed by atoms with van der Waals surface area (Å²) in [5, 5.41) is 40.5. The van der Waals surface area contributed by atoms with Crippen molar-refractivity contribution in [1.82, 2.24) is 10.6 Å². The molecule has 6 aliphatic heterocycles. The van der Waals surface area contributed by atoms with Gasteiger partial charge in [0.05, 0.1) is 18.7 Å². The molecule has 0 saturated carbocycles. The summed E-state index contributed by atoms with van der Waals surface area (Å²) in [4.78, 5) is 0. The minimum Gasteiger partial charge on any atom is -0.387 e. The van der Waals surface area contributed by atoms with E-state index in [0.29, 0.717) is 0 Å². The number of aliphatic hydroxyl groups is 1. The lowest BCUT2D eigenvalue weighted by Crippen LogP contribution is -2.66. The highest BCUT2D eigenvalue weighted by atomic mass is 16.9. The number of ether oxygens (including phenoxy) is 10. The molecule has 0 spiro atoms. The molecule has 0 aromatic heterocycles. The summed E-state index contributed by atoms with van der Waals surface area (Å²) in [6.45, 7) is 10.4. The van der Waals surface area contributed by atoms with Crippen molar-refractivity contribution in [1.29, 1.82) is 10.5 Å². The molecule has 318 valence electrons. The maximum atomic E-state index is 11.3. The Labute approximate surface area is 349 Å². The zero-order valence-electron chi connectivity index (χ0n) is 34.5. The Bertz CT molecular complexity index is 2000. The molecule has 6 fully saturated rings. The summed E-state index contributed by atoms with van der Waals surface area (Å²) in [6.07, 6.45) is -8.88. The molecule has 0 aliphatic carbocycles. The number of fused-ring (bicyclic) bond motifs is 3. The number of nitrogens with zero attached hydrogens (tertiary/aromatic N) is 2. The molecule has 6 heterocycles. The van der Waals surface area contributed by atoms with Crippen LogP contribution in [0.15, 0.2) is 91.0 Å². The van der Waals surface area contributed by atoms with Gasteiger partial charge in [-0.15, -0.1) is 0 Å². The van der Waals surface area contributed by atoms with Crippen molar-refractivity contribution in [3.05, 3.63) is 108 Å². The molecule has 0 unspecified atom stereocenters. The summed E-state index contributed by atoms with van der Waals surface area (Å²) in [6, 6.07) is 34.7. The second-order valence-electron chi connectivity index (χ2n) is 17.5.